The third-order valence-electron chi connectivity index (χ3n) is 4.20. The van der Waals surface area contributed by atoms with Gasteiger partial charge in [0.1, 0.15) is 5.82 Å². The van der Waals surface area contributed by atoms with Crippen LogP contribution in [0.1, 0.15) is 42.2 Å². The number of benzene rings is 1. The summed E-state index contributed by atoms with van der Waals surface area (Å²) in [5, 5.41) is 10.2. The third kappa shape index (κ3) is 3.40. The van der Waals surface area contributed by atoms with Gasteiger partial charge in [-0.05, 0) is 31.9 Å². The molecule has 5 nitrogen and oxygen atoms in total. The van der Waals surface area contributed by atoms with Crippen molar-refractivity contribution in [3.63, 3.8) is 0 Å². The first kappa shape index (κ1) is 16.8. The van der Waals surface area contributed by atoms with E-state index in [1.54, 1.807) is 10.7 Å². The highest BCUT2D eigenvalue weighted by Gasteiger charge is 2.25. The topological polar surface area (TPSA) is 59.0 Å². The number of carbonyl (C=O) groups excluding carboxylic acids is 1. The second-order valence-electron chi connectivity index (χ2n) is 6.03. The van der Waals surface area contributed by atoms with Gasteiger partial charge in [-0.1, -0.05) is 12.1 Å². The standard InChI is InChI=1S/C17H21FN4OS/c1-10(13-9-22(3)21-11(13)2)19-17(23)20-15-7-8-24-16-12(15)5-4-6-14(16)18/h4-6,9-10,15H,7-8H2,1-3H3,(H2,19,20,23)/t10-,15-/m1/s1. The van der Waals surface area contributed by atoms with Gasteiger partial charge in [0.25, 0.3) is 0 Å². The Hall–Kier alpha value is -2.02. The molecule has 0 fully saturated rings. The molecule has 128 valence electrons. The van der Waals surface area contributed by atoms with Crippen molar-refractivity contribution in [2.45, 2.75) is 37.2 Å². The monoisotopic (exact) mass is 348 g/mol. The van der Waals surface area contributed by atoms with Gasteiger partial charge in [-0.25, -0.2) is 9.18 Å². The van der Waals surface area contributed by atoms with Crippen LogP contribution in [0.5, 0.6) is 0 Å². The predicted octanol–water partition coefficient (Wildman–Crippen LogP) is 3.46. The minimum atomic E-state index is -0.252. The van der Waals surface area contributed by atoms with Crippen LogP contribution in [0, 0.1) is 12.7 Å². The Morgan fingerprint density at radius 1 is 1.50 bits per heavy atom. The second kappa shape index (κ2) is 6.84. The molecular formula is C17H21FN4OS. The number of carbonyl (C=O) groups is 1. The number of thioether (sulfide) groups is 1. The first-order chi connectivity index (χ1) is 11.5. The molecule has 3 rings (SSSR count). The van der Waals surface area contributed by atoms with Crippen LogP contribution in [-0.4, -0.2) is 21.6 Å². The summed E-state index contributed by atoms with van der Waals surface area (Å²) in [5.41, 5.74) is 2.73. The molecule has 2 heterocycles. The predicted molar refractivity (Wildman–Crippen MR) is 92.5 cm³/mol. The molecule has 0 bridgehead atoms. The van der Waals surface area contributed by atoms with Crippen molar-refractivity contribution in [3.8, 4) is 0 Å². The van der Waals surface area contributed by atoms with Crippen LogP contribution < -0.4 is 10.6 Å². The van der Waals surface area contributed by atoms with E-state index in [1.807, 2.05) is 33.2 Å². The molecule has 1 aromatic heterocycles. The summed E-state index contributed by atoms with van der Waals surface area (Å²) < 4.78 is 15.6. The number of nitrogens with one attached hydrogen (secondary N) is 2. The fraction of sp³-hybridized carbons (Fsp3) is 0.412. The van der Waals surface area contributed by atoms with Crippen molar-refractivity contribution < 1.29 is 9.18 Å². The summed E-state index contributed by atoms with van der Waals surface area (Å²) in [7, 11) is 1.86. The fourth-order valence-corrected chi connectivity index (χ4v) is 4.19. The van der Waals surface area contributed by atoms with Crippen LogP contribution in [0.2, 0.25) is 0 Å². The van der Waals surface area contributed by atoms with Crippen LogP contribution in [0.4, 0.5) is 9.18 Å². The van der Waals surface area contributed by atoms with Crippen molar-refractivity contribution in [1.82, 2.24) is 20.4 Å². The number of fused-ring (bicyclic) bond motifs is 1. The normalized spacial score (nSPS) is 17.9. The molecule has 1 aliphatic heterocycles. The van der Waals surface area contributed by atoms with Gasteiger partial charge in [0.05, 0.1) is 17.8 Å². The number of urea groups is 1. The molecule has 24 heavy (non-hydrogen) atoms. The van der Waals surface area contributed by atoms with Crippen LogP contribution in [0.25, 0.3) is 0 Å². The Bertz CT molecular complexity index is 761. The van der Waals surface area contributed by atoms with Gasteiger partial charge in [-0.2, -0.15) is 5.10 Å². The number of aryl methyl sites for hydroxylation is 2. The molecule has 1 aliphatic rings. The first-order valence-electron chi connectivity index (χ1n) is 7.94. The molecule has 7 heteroatoms. The van der Waals surface area contributed by atoms with Gasteiger partial charge in [0, 0.05) is 29.5 Å². The molecule has 2 N–H and O–H groups in total. The Balaban J connectivity index is 1.68. The van der Waals surface area contributed by atoms with Gasteiger partial charge < -0.3 is 10.6 Å². The summed E-state index contributed by atoms with van der Waals surface area (Å²) in [6, 6.07) is 4.46. The molecular weight excluding hydrogens is 327 g/mol. The molecule has 0 spiro atoms. The van der Waals surface area contributed by atoms with E-state index in [4.69, 9.17) is 0 Å². The number of hydrogen-bond donors (Lipinski definition) is 2. The van der Waals surface area contributed by atoms with E-state index >= 15 is 0 Å². The molecule has 0 aliphatic carbocycles. The maximum Gasteiger partial charge on any atom is 0.315 e. The lowest BCUT2D eigenvalue weighted by Gasteiger charge is -2.27. The zero-order valence-electron chi connectivity index (χ0n) is 14.0. The maximum absolute atomic E-state index is 13.9. The summed E-state index contributed by atoms with van der Waals surface area (Å²) >= 11 is 1.50. The number of rotatable bonds is 3. The summed E-state index contributed by atoms with van der Waals surface area (Å²) in [6.07, 6.45) is 2.69. The van der Waals surface area contributed by atoms with E-state index in [9.17, 15) is 9.18 Å². The molecule has 0 radical (unpaired) electrons. The Kier molecular flexibility index (Phi) is 4.80. The van der Waals surface area contributed by atoms with Gasteiger partial charge in [0.2, 0.25) is 0 Å². The van der Waals surface area contributed by atoms with E-state index in [-0.39, 0.29) is 23.9 Å². The molecule has 1 aromatic carbocycles. The number of hydrogen-bond acceptors (Lipinski definition) is 3. The van der Waals surface area contributed by atoms with Crippen molar-refractivity contribution in [2.24, 2.45) is 7.05 Å². The molecule has 0 saturated heterocycles. The zero-order chi connectivity index (χ0) is 17.3. The Morgan fingerprint density at radius 2 is 2.29 bits per heavy atom. The fourth-order valence-electron chi connectivity index (χ4n) is 3.05. The SMILES string of the molecule is Cc1nn(C)cc1[C@@H](C)NC(=O)N[C@@H]1CCSc2c(F)cccc21. The number of nitrogens with zero attached hydrogens (tertiary/aromatic N) is 2. The van der Waals surface area contributed by atoms with Crippen molar-refractivity contribution >= 4 is 17.8 Å². The highest BCUT2D eigenvalue weighted by Crippen LogP contribution is 2.37. The van der Waals surface area contributed by atoms with Crippen molar-refractivity contribution in [3.05, 3.63) is 47.0 Å². The lowest BCUT2D eigenvalue weighted by molar-refractivity contribution is 0.233. The second-order valence-corrected chi connectivity index (χ2v) is 7.14. The smallest absolute Gasteiger partial charge is 0.315 e. The molecule has 0 saturated carbocycles. The minimum absolute atomic E-state index is 0.149. The molecule has 2 amide bonds. The number of halogens is 1. The molecule has 0 unspecified atom stereocenters. The van der Waals surface area contributed by atoms with E-state index < -0.39 is 0 Å². The summed E-state index contributed by atoms with van der Waals surface area (Å²) in [5.74, 6) is 0.569. The highest BCUT2D eigenvalue weighted by atomic mass is 32.2. The largest absolute Gasteiger partial charge is 0.332 e. The van der Waals surface area contributed by atoms with Crippen LogP contribution in [0.3, 0.4) is 0 Å². The van der Waals surface area contributed by atoms with E-state index in [1.165, 1.54) is 17.8 Å². The molecule has 2 aromatic rings. The Morgan fingerprint density at radius 3 is 3.00 bits per heavy atom. The lowest BCUT2D eigenvalue weighted by atomic mass is 10.0. The molecule has 2 atom stereocenters. The van der Waals surface area contributed by atoms with E-state index in [0.29, 0.717) is 4.90 Å². The first-order valence-corrected chi connectivity index (χ1v) is 8.92. The zero-order valence-corrected chi connectivity index (χ0v) is 14.8. The lowest BCUT2D eigenvalue weighted by Crippen LogP contribution is -2.40. The van der Waals surface area contributed by atoms with Crippen LogP contribution >= 0.6 is 11.8 Å². The minimum Gasteiger partial charge on any atom is -0.332 e. The van der Waals surface area contributed by atoms with E-state index in [2.05, 4.69) is 15.7 Å². The number of aromatic nitrogens is 2. The van der Waals surface area contributed by atoms with E-state index in [0.717, 1.165) is 29.0 Å². The van der Waals surface area contributed by atoms with Crippen LogP contribution in [0.15, 0.2) is 29.3 Å². The van der Waals surface area contributed by atoms with Gasteiger partial charge in [-0.15, -0.1) is 11.8 Å². The van der Waals surface area contributed by atoms with Gasteiger partial charge >= 0.3 is 6.03 Å². The highest BCUT2D eigenvalue weighted by molar-refractivity contribution is 7.99. The Labute approximate surface area is 145 Å². The number of amides is 2. The van der Waals surface area contributed by atoms with Gasteiger partial charge in [0.15, 0.2) is 0 Å². The summed E-state index contributed by atoms with van der Waals surface area (Å²) in [6.45, 7) is 3.84. The quantitative estimate of drug-likeness (QED) is 0.893. The third-order valence-corrected chi connectivity index (χ3v) is 5.36. The van der Waals surface area contributed by atoms with Crippen molar-refractivity contribution in [1.29, 1.82) is 0 Å². The van der Waals surface area contributed by atoms with Gasteiger partial charge in [-0.3, -0.25) is 4.68 Å². The maximum atomic E-state index is 13.9. The average molecular weight is 348 g/mol. The van der Waals surface area contributed by atoms with Crippen LogP contribution in [-0.2, 0) is 7.05 Å². The van der Waals surface area contributed by atoms with Crippen molar-refractivity contribution in [2.75, 3.05) is 5.75 Å². The average Bonchev–Trinajstić information content (AvgIpc) is 2.87. The summed E-state index contributed by atoms with van der Waals surface area (Å²) in [4.78, 5) is 13.0.